The number of hydrogen-bond acceptors (Lipinski definition) is 3. The fourth-order valence-corrected chi connectivity index (χ4v) is 1.48. The lowest BCUT2D eigenvalue weighted by Gasteiger charge is -2.16. The van der Waals surface area contributed by atoms with Crippen molar-refractivity contribution in [1.29, 1.82) is 0 Å². The molecule has 82 valence electrons. The summed E-state index contributed by atoms with van der Waals surface area (Å²) in [5, 5.41) is 13.8. The maximum absolute atomic E-state index is 10.4. The summed E-state index contributed by atoms with van der Waals surface area (Å²) in [6.07, 6.45) is 0. The number of nitro benzene ring substituents is 1. The van der Waals surface area contributed by atoms with Gasteiger partial charge in [0.2, 0.25) is 0 Å². The Morgan fingerprint density at radius 2 is 1.73 bits per heavy atom. The first kappa shape index (κ1) is 11.7. The summed E-state index contributed by atoms with van der Waals surface area (Å²) in [7, 11) is 0. The molecule has 1 rings (SSSR count). The maximum Gasteiger partial charge on any atom is 0.269 e. The number of hydrogen-bond donors (Lipinski definition) is 1. The van der Waals surface area contributed by atoms with E-state index in [1.165, 1.54) is 12.1 Å². The summed E-state index contributed by atoms with van der Waals surface area (Å²) in [4.78, 5) is 10.1. The zero-order valence-corrected chi connectivity index (χ0v) is 9.23. The van der Waals surface area contributed by atoms with Gasteiger partial charge in [0.25, 0.3) is 5.69 Å². The number of benzene rings is 1. The van der Waals surface area contributed by atoms with Gasteiger partial charge in [0.1, 0.15) is 0 Å². The highest BCUT2D eigenvalue weighted by molar-refractivity contribution is 5.34. The molecular formula is C11H16N2O2. The average Bonchev–Trinajstić information content (AvgIpc) is 2.17. The van der Waals surface area contributed by atoms with Gasteiger partial charge < -0.3 is 5.32 Å². The van der Waals surface area contributed by atoms with Crippen molar-refractivity contribution in [1.82, 2.24) is 5.32 Å². The van der Waals surface area contributed by atoms with Gasteiger partial charge in [0, 0.05) is 24.2 Å². The first-order chi connectivity index (χ1) is 7.00. The van der Waals surface area contributed by atoms with Gasteiger partial charge >= 0.3 is 0 Å². The van der Waals surface area contributed by atoms with Gasteiger partial charge in [-0.15, -0.1) is 0 Å². The maximum atomic E-state index is 10.4. The highest BCUT2D eigenvalue weighted by Crippen LogP contribution is 2.17. The van der Waals surface area contributed by atoms with E-state index < -0.39 is 0 Å². The molecule has 0 saturated carbocycles. The molecule has 1 aromatic rings. The Kier molecular flexibility index (Phi) is 3.80. The third kappa shape index (κ3) is 3.32. The molecule has 15 heavy (non-hydrogen) atoms. The van der Waals surface area contributed by atoms with Gasteiger partial charge in [0.05, 0.1) is 4.92 Å². The van der Waals surface area contributed by atoms with Crippen LogP contribution in [0.5, 0.6) is 0 Å². The number of nitro groups is 1. The Bertz CT molecular complexity index is 333. The first-order valence-corrected chi connectivity index (χ1v) is 5.01. The predicted molar refractivity (Wildman–Crippen MR) is 59.8 cm³/mol. The molecule has 0 aliphatic carbocycles. The van der Waals surface area contributed by atoms with E-state index in [1.54, 1.807) is 12.1 Å². The standard InChI is InChI=1S/C11H16N2O2/c1-8(2)12-9(3)10-4-6-11(7-5-10)13(14)15/h4-9,12H,1-3H3. The van der Waals surface area contributed by atoms with E-state index in [-0.39, 0.29) is 16.7 Å². The van der Waals surface area contributed by atoms with Crippen LogP contribution in [0.2, 0.25) is 0 Å². The minimum Gasteiger partial charge on any atom is -0.308 e. The van der Waals surface area contributed by atoms with E-state index in [9.17, 15) is 10.1 Å². The lowest BCUT2D eigenvalue weighted by molar-refractivity contribution is -0.384. The Morgan fingerprint density at radius 1 is 1.20 bits per heavy atom. The molecule has 0 fully saturated rings. The van der Waals surface area contributed by atoms with E-state index in [4.69, 9.17) is 0 Å². The van der Waals surface area contributed by atoms with Gasteiger partial charge in [-0.1, -0.05) is 26.0 Å². The van der Waals surface area contributed by atoms with Gasteiger partial charge in [-0.2, -0.15) is 0 Å². The molecule has 4 heteroatoms. The Labute approximate surface area is 89.5 Å². The van der Waals surface area contributed by atoms with Crippen LogP contribution in [0.15, 0.2) is 24.3 Å². The SMILES string of the molecule is CC(C)NC(C)c1ccc([N+](=O)[O-])cc1. The fourth-order valence-electron chi connectivity index (χ4n) is 1.48. The topological polar surface area (TPSA) is 55.2 Å². The molecule has 0 bridgehead atoms. The third-order valence-corrected chi connectivity index (χ3v) is 2.19. The minimum absolute atomic E-state index is 0.135. The zero-order chi connectivity index (χ0) is 11.4. The quantitative estimate of drug-likeness (QED) is 0.611. The Morgan fingerprint density at radius 3 is 2.13 bits per heavy atom. The molecule has 0 spiro atoms. The molecule has 0 amide bonds. The van der Waals surface area contributed by atoms with Crippen LogP contribution in [0.25, 0.3) is 0 Å². The third-order valence-electron chi connectivity index (χ3n) is 2.19. The van der Waals surface area contributed by atoms with E-state index in [0.717, 1.165) is 5.56 Å². The van der Waals surface area contributed by atoms with Gasteiger partial charge in [-0.25, -0.2) is 0 Å². The Balaban J connectivity index is 2.75. The average molecular weight is 208 g/mol. The highest BCUT2D eigenvalue weighted by atomic mass is 16.6. The summed E-state index contributed by atoms with van der Waals surface area (Å²) < 4.78 is 0. The molecule has 0 aliphatic heterocycles. The fraction of sp³-hybridized carbons (Fsp3) is 0.455. The lowest BCUT2D eigenvalue weighted by atomic mass is 10.1. The van der Waals surface area contributed by atoms with E-state index in [0.29, 0.717) is 6.04 Å². The van der Waals surface area contributed by atoms with E-state index in [1.807, 2.05) is 6.92 Å². The van der Waals surface area contributed by atoms with Gasteiger partial charge in [-0.05, 0) is 12.5 Å². The normalized spacial score (nSPS) is 12.8. The van der Waals surface area contributed by atoms with Crippen LogP contribution in [0.4, 0.5) is 5.69 Å². The van der Waals surface area contributed by atoms with Crippen molar-refractivity contribution in [3.63, 3.8) is 0 Å². The van der Waals surface area contributed by atoms with Gasteiger partial charge in [0.15, 0.2) is 0 Å². The summed E-state index contributed by atoms with van der Waals surface area (Å²) in [6, 6.07) is 7.26. The van der Waals surface area contributed by atoms with Crippen LogP contribution < -0.4 is 5.32 Å². The smallest absolute Gasteiger partial charge is 0.269 e. The summed E-state index contributed by atoms with van der Waals surface area (Å²) in [5.41, 5.74) is 1.20. The first-order valence-electron chi connectivity index (χ1n) is 5.01. The van der Waals surface area contributed by atoms with Crippen molar-refractivity contribution in [2.75, 3.05) is 0 Å². The second kappa shape index (κ2) is 4.89. The van der Waals surface area contributed by atoms with Crippen LogP contribution in [0.1, 0.15) is 32.4 Å². The lowest BCUT2D eigenvalue weighted by Crippen LogP contribution is -2.25. The second-order valence-electron chi connectivity index (χ2n) is 3.89. The van der Waals surface area contributed by atoms with Crippen LogP contribution in [-0.4, -0.2) is 11.0 Å². The van der Waals surface area contributed by atoms with E-state index in [2.05, 4.69) is 19.2 Å². The van der Waals surface area contributed by atoms with Crippen LogP contribution in [-0.2, 0) is 0 Å². The molecule has 1 atom stereocenters. The van der Waals surface area contributed by atoms with Crippen molar-refractivity contribution in [3.8, 4) is 0 Å². The minimum atomic E-state index is -0.385. The summed E-state index contributed by atoms with van der Waals surface area (Å²) in [5.74, 6) is 0. The largest absolute Gasteiger partial charge is 0.308 e. The molecule has 0 saturated heterocycles. The van der Waals surface area contributed by atoms with Crippen LogP contribution in [0, 0.1) is 10.1 Å². The Hall–Kier alpha value is -1.42. The summed E-state index contributed by atoms with van der Waals surface area (Å²) >= 11 is 0. The van der Waals surface area contributed by atoms with Crippen LogP contribution in [0.3, 0.4) is 0 Å². The molecule has 0 heterocycles. The number of rotatable bonds is 4. The predicted octanol–water partition coefficient (Wildman–Crippen LogP) is 2.65. The highest BCUT2D eigenvalue weighted by Gasteiger charge is 2.09. The van der Waals surface area contributed by atoms with Crippen LogP contribution >= 0.6 is 0 Å². The zero-order valence-electron chi connectivity index (χ0n) is 9.23. The van der Waals surface area contributed by atoms with Crippen molar-refractivity contribution in [2.24, 2.45) is 0 Å². The molecule has 4 nitrogen and oxygen atoms in total. The number of non-ortho nitro benzene ring substituents is 1. The van der Waals surface area contributed by atoms with Crippen molar-refractivity contribution >= 4 is 5.69 Å². The second-order valence-corrected chi connectivity index (χ2v) is 3.89. The molecule has 1 unspecified atom stereocenters. The number of nitrogens with zero attached hydrogens (tertiary/aromatic N) is 1. The van der Waals surface area contributed by atoms with Crippen molar-refractivity contribution in [2.45, 2.75) is 32.9 Å². The molecule has 0 radical (unpaired) electrons. The van der Waals surface area contributed by atoms with Gasteiger partial charge in [-0.3, -0.25) is 10.1 Å². The molecular weight excluding hydrogens is 192 g/mol. The van der Waals surface area contributed by atoms with Crippen molar-refractivity contribution in [3.05, 3.63) is 39.9 Å². The monoisotopic (exact) mass is 208 g/mol. The molecule has 1 N–H and O–H groups in total. The molecule has 0 aromatic heterocycles. The van der Waals surface area contributed by atoms with Crippen molar-refractivity contribution < 1.29 is 4.92 Å². The summed E-state index contributed by atoms with van der Waals surface area (Å²) in [6.45, 7) is 6.19. The van der Waals surface area contributed by atoms with E-state index >= 15 is 0 Å². The number of nitrogens with one attached hydrogen (secondary N) is 1. The molecule has 0 aliphatic rings. The molecule has 1 aromatic carbocycles.